The molecule has 0 bridgehead atoms. The number of hydrogen-bond donors (Lipinski definition) is 0. The minimum atomic E-state index is 0.282. The molecule has 2 atom stereocenters. The first kappa shape index (κ1) is 11.0. The van der Waals surface area contributed by atoms with E-state index in [-0.39, 0.29) is 5.92 Å². The van der Waals surface area contributed by atoms with E-state index in [0.717, 1.165) is 24.9 Å². The number of aldehydes is 1. The molecule has 0 fully saturated rings. The summed E-state index contributed by atoms with van der Waals surface area (Å²) in [5, 5.41) is 0.634. The lowest BCUT2D eigenvalue weighted by Gasteiger charge is -2.12. The van der Waals surface area contributed by atoms with E-state index in [4.69, 9.17) is 0 Å². The van der Waals surface area contributed by atoms with Crippen LogP contribution < -0.4 is 0 Å². The van der Waals surface area contributed by atoms with Gasteiger partial charge in [0, 0.05) is 11.2 Å². The lowest BCUT2D eigenvalue weighted by Crippen LogP contribution is -2.08. The third kappa shape index (κ3) is 5.31. The topological polar surface area (TPSA) is 17.1 Å². The Labute approximate surface area is 73.9 Å². The van der Waals surface area contributed by atoms with Gasteiger partial charge in [0.1, 0.15) is 6.29 Å². The summed E-state index contributed by atoms with van der Waals surface area (Å²) in [5.74, 6) is 1.43. The molecule has 0 heterocycles. The molecule has 66 valence electrons. The zero-order valence-electron chi connectivity index (χ0n) is 7.67. The monoisotopic (exact) mass is 174 g/mol. The Bertz CT molecular complexity index is 104. The Morgan fingerprint density at radius 1 is 1.45 bits per heavy atom. The molecule has 2 unspecified atom stereocenters. The van der Waals surface area contributed by atoms with E-state index in [1.54, 1.807) is 0 Å². The van der Waals surface area contributed by atoms with E-state index in [0.29, 0.717) is 5.25 Å². The lowest BCUT2D eigenvalue weighted by atomic mass is 10.0. The highest BCUT2D eigenvalue weighted by molar-refractivity contribution is 7.99. The maximum atomic E-state index is 10.5. The molecule has 0 amide bonds. The van der Waals surface area contributed by atoms with Crippen molar-refractivity contribution >= 4 is 18.0 Å². The van der Waals surface area contributed by atoms with Gasteiger partial charge < -0.3 is 4.79 Å². The lowest BCUT2D eigenvalue weighted by molar-refractivity contribution is -0.111. The van der Waals surface area contributed by atoms with Crippen molar-refractivity contribution < 1.29 is 4.79 Å². The molecule has 0 saturated heterocycles. The van der Waals surface area contributed by atoms with Crippen LogP contribution in [-0.2, 0) is 4.79 Å². The SMILES string of the molecule is CCSC(C)CC(C=O)CC. The first-order chi connectivity index (χ1) is 5.24. The zero-order chi connectivity index (χ0) is 8.69. The van der Waals surface area contributed by atoms with Crippen LogP contribution in [0.5, 0.6) is 0 Å². The fraction of sp³-hybridized carbons (Fsp3) is 0.889. The van der Waals surface area contributed by atoms with Crippen molar-refractivity contribution in [2.45, 2.75) is 38.9 Å². The van der Waals surface area contributed by atoms with Crippen LogP contribution in [0.25, 0.3) is 0 Å². The molecule has 0 radical (unpaired) electrons. The van der Waals surface area contributed by atoms with Crippen LogP contribution in [0.3, 0.4) is 0 Å². The Morgan fingerprint density at radius 2 is 2.09 bits per heavy atom. The minimum Gasteiger partial charge on any atom is -0.303 e. The van der Waals surface area contributed by atoms with Gasteiger partial charge in [-0.3, -0.25) is 0 Å². The van der Waals surface area contributed by atoms with E-state index in [2.05, 4.69) is 20.8 Å². The van der Waals surface area contributed by atoms with E-state index in [1.165, 1.54) is 0 Å². The molecule has 0 saturated carbocycles. The van der Waals surface area contributed by atoms with Crippen molar-refractivity contribution in [2.75, 3.05) is 5.75 Å². The molecule has 0 aliphatic heterocycles. The maximum absolute atomic E-state index is 10.5. The summed E-state index contributed by atoms with van der Waals surface area (Å²) >= 11 is 1.93. The second kappa shape index (κ2) is 6.71. The van der Waals surface area contributed by atoms with Crippen molar-refractivity contribution in [1.82, 2.24) is 0 Å². The molecular formula is C9H18OS. The van der Waals surface area contributed by atoms with Crippen molar-refractivity contribution in [3.05, 3.63) is 0 Å². The maximum Gasteiger partial charge on any atom is 0.123 e. The summed E-state index contributed by atoms with van der Waals surface area (Å²) in [6.07, 6.45) is 3.11. The van der Waals surface area contributed by atoms with Gasteiger partial charge >= 0.3 is 0 Å². The molecule has 0 N–H and O–H groups in total. The van der Waals surface area contributed by atoms with Gasteiger partial charge in [0.05, 0.1) is 0 Å². The molecule has 0 aromatic carbocycles. The number of carbonyl (C=O) groups excluding carboxylic acids is 1. The van der Waals surface area contributed by atoms with Crippen molar-refractivity contribution in [1.29, 1.82) is 0 Å². The third-order valence-electron chi connectivity index (χ3n) is 1.80. The summed E-state index contributed by atoms with van der Waals surface area (Å²) < 4.78 is 0. The normalized spacial score (nSPS) is 15.9. The van der Waals surface area contributed by atoms with Gasteiger partial charge in [-0.1, -0.05) is 20.8 Å². The summed E-state index contributed by atoms with van der Waals surface area (Å²) in [6.45, 7) is 6.42. The highest BCUT2D eigenvalue weighted by Gasteiger charge is 2.09. The summed E-state index contributed by atoms with van der Waals surface area (Å²) in [7, 11) is 0. The molecule has 1 nitrogen and oxygen atoms in total. The highest BCUT2D eigenvalue weighted by Crippen LogP contribution is 2.19. The van der Waals surface area contributed by atoms with E-state index < -0.39 is 0 Å². The van der Waals surface area contributed by atoms with Crippen LogP contribution in [0, 0.1) is 5.92 Å². The first-order valence-electron chi connectivity index (χ1n) is 4.31. The van der Waals surface area contributed by atoms with Crippen LogP contribution in [-0.4, -0.2) is 17.3 Å². The van der Waals surface area contributed by atoms with Crippen molar-refractivity contribution in [2.24, 2.45) is 5.92 Å². The van der Waals surface area contributed by atoms with Crippen LogP contribution >= 0.6 is 11.8 Å². The number of hydrogen-bond acceptors (Lipinski definition) is 2. The van der Waals surface area contributed by atoms with Crippen LogP contribution in [0.4, 0.5) is 0 Å². The standard InChI is InChI=1S/C9H18OS/c1-4-9(7-10)6-8(3)11-5-2/h7-9H,4-6H2,1-3H3. The highest BCUT2D eigenvalue weighted by atomic mass is 32.2. The summed E-state index contributed by atoms with van der Waals surface area (Å²) in [5.41, 5.74) is 0. The number of thioether (sulfide) groups is 1. The predicted octanol–water partition coefficient (Wildman–Crippen LogP) is 2.74. The molecular weight excluding hydrogens is 156 g/mol. The Balaban J connectivity index is 3.53. The number of rotatable bonds is 6. The Kier molecular flexibility index (Phi) is 6.73. The van der Waals surface area contributed by atoms with E-state index in [9.17, 15) is 4.79 Å². The second-order valence-electron chi connectivity index (χ2n) is 2.81. The van der Waals surface area contributed by atoms with Gasteiger partial charge in [-0.05, 0) is 18.6 Å². The molecule has 0 aromatic rings. The minimum absolute atomic E-state index is 0.282. The largest absolute Gasteiger partial charge is 0.303 e. The van der Waals surface area contributed by atoms with Crippen LogP contribution in [0.15, 0.2) is 0 Å². The van der Waals surface area contributed by atoms with Crippen molar-refractivity contribution in [3.63, 3.8) is 0 Å². The molecule has 0 spiro atoms. The van der Waals surface area contributed by atoms with Gasteiger partial charge in [0.15, 0.2) is 0 Å². The molecule has 0 rings (SSSR count). The molecule has 0 aliphatic rings. The second-order valence-corrected chi connectivity index (χ2v) is 4.52. The molecule has 0 aliphatic carbocycles. The smallest absolute Gasteiger partial charge is 0.123 e. The van der Waals surface area contributed by atoms with E-state index >= 15 is 0 Å². The Hall–Kier alpha value is 0.0200. The summed E-state index contributed by atoms with van der Waals surface area (Å²) in [4.78, 5) is 10.5. The fourth-order valence-electron chi connectivity index (χ4n) is 1.10. The van der Waals surface area contributed by atoms with Crippen molar-refractivity contribution in [3.8, 4) is 0 Å². The van der Waals surface area contributed by atoms with Crippen LogP contribution in [0.2, 0.25) is 0 Å². The summed E-state index contributed by atoms with van der Waals surface area (Å²) in [6, 6.07) is 0. The average Bonchev–Trinajstić information content (AvgIpc) is 2.01. The van der Waals surface area contributed by atoms with E-state index in [1.807, 2.05) is 11.8 Å². The van der Waals surface area contributed by atoms with Gasteiger partial charge in [0.2, 0.25) is 0 Å². The average molecular weight is 174 g/mol. The van der Waals surface area contributed by atoms with Crippen LogP contribution in [0.1, 0.15) is 33.6 Å². The third-order valence-corrected chi connectivity index (χ3v) is 2.90. The Morgan fingerprint density at radius 3 is 2.45 bits per heavy atom. The zero-order valence-corrected chi connectivity index (χ0v) is 8.49. The molecule has 0 aromatic heterocycles. The molecule has 2 heteroatoms. The number of carbonyl (C=O) groups is 1. The molecule has 11 heavy (non-hydrogen) atoms. The van der Waals surface area contributed by atoms with Gasteiger partial charge in [-0.2, -0.15) is 11.8 Å². The van der Waals surface area contributed by atoms with Gasteiger partial charge in [0.25, 0.3) is 0 Å². The van der Waals surface area contributed by atoms with Gasteiger partial charge in [-0.15, -0.1) is 0 Å². The quantitative estimate of drug-likeness (QED) is 0.576. The van der Waals surface area contributed by atoms with Gasteiger partial charge in [-0.25, -0.2) is 0 Å². The fourth-order valence-corrected chi connectivity index (χ4v) is 2.05. The predicted molar refractivity (Wildman–Crippen MR) is 52.1 cm³/mol. The first-order valence-corrected chi connectivity index (χ1v) is 5.36.